The van der Waals surface area contributed by atoms with Crippen molar-refractivity contribution in [1.29, 1.82) is 0 Å². The number of carbonyl (C=O) groups is 2. The average Bonchev–Trinajstić information content (AvgIpc) is 3.28. The molecule has 1 saturated carbocycles. The largest absolute Gasteiger partial charge is 0.469 e. The number of carbonyl (C=O) groups excluding carboxylic acids is 2. The predicted octanol–water partition coefficient (Wildman–Crippen LogP) is 2.41. The molecule has 0 spiro atoms. The molecule has 1 unspecified atom stereocenters. The molecule has 1 amide bonds. The summed E-state index contributed by atoms with van der Waals surface area (Å²) in [4.78, 5) is 25.9. The zero-order chi connectivity index (χ0) is 14.7. The third kappa shape index (κ3) is 3.38. The average molecular weight is 275 g/mol. The van der Waals surface area contributed by atoms with Gasteiger partial charge in [-0.25, -0.2) is 0 Å². The SMILES string of the molecule is COC(=O)C(C)CN(C(=O)c1ccc(C)cc1)C1CC1. The molecule has 1 aromatic carbocycles. The fourth-order valence-corrected chi connectivity index (χ4v) is 2.22. The van der Waals surface area contributed by atoms with Crippen molar-refractivity contribution in [2.45, 2.75) is 32.7 Å². The molecule has 0 bridgehead atoms. The van der Waals surface area contributed by atoms with Gasteiger partial charge in [0.05, 0.1) is 13.0 Å². The van der Waals surface area contributed by atoms with Crippen LogP contribution in [0, 0.1) is 12.8 Å². The van der Waals surface area contributed by atoms with Gasteiger partial charge in [-0.1, -0.05) is 24.6 Å². The molecule has 1 atom stereocenters. The summed E-state index contributed by atoms with van der Waals surface area (Å²) in [6.07, 6.45) is 2.04. The maximum absolute atomic E-state index is 12.6. The van der Waals surface area contributed by atoms with Crippen LogP contribution in [0.3, 0.4) is 0 Å². The van der Waals surface area contributed by atoms with Crippen LogP contribution >= 0.6 is 0 Å². The monoisotopic (exact) mass is 275 g/mol. The van der Waals surface area contributed by atoms with E-state index < -0.39 is 0 Å². The van der Waals surface area contributed by atoms with Crippen LogP contribution in [0.2, 0.25) is 0 Å². The number of benzene rings is 1. The second-order valence-electron chi connectivity index (χ2n) is 5.48. The normalized spacial score (nSPS) is 15.6. The van der Waals surface area contributed by atoms with Crippen LogP contribution in [0.1, 0.15) is 35.7 Å². The number of hydrogen-bond donors (Lipinski definition) is 0. The third-order valence-electron chi connectivity index (χ3n) is 3.62. The summed E-state index contributed by atoms with van der Waals surface area (Å²) in [5, 5.41) is 0. The number of nitrogens with zero attached hydrogens (tertiary/aromatic N) is 1. The number of hydrogen-bond acceptors (Lipinski definition) is 3. The zero-order valence-corrected chi connectivity index (χ0v) is 12.3. The van der Waals surface area contributed by atoms with Crippen molar-refractivity contribution in [2.75, 3.05) is 13.7 Å². The quantitative estimate of drug-likeness (QED) is 0.775. The van der Waals surface area contributed by atoms with Crippen molar-refractivity contribution >= 4 is 11.9 Å². The van der Waals surface area contributed by atoms with Gasteiger partial charge in [0.1, 0.15) is 0 Å². The molecule has 4 heteroatoms. The van der Waals surface area contributed by atoms with Gasteiger partial charge < -0.3 is 9.64 Å². The first-order valence-corrected chi connectivity index (χ1v) is 6.98. The molecule has 0 heterocycles. The second-order valence-corrected chi connectivity index (χ2v) is 5.48. The summed E-state index contributed by atoms with van der Waals surface area (Å²) in [7, 11) is 1.38. The Kier molecular flexibility index (Phi) is 4.42. The van der Waals surface area contributed by atoms with Gasteiger partial charge in [0.25, 0.3) is 5.91 Å². The van der Waals surface area contributed by atoms with Gasteiger partial charge in [0.15, 0.2) is 0 Å². The standard InChI is InChI=1S/C16H21NO3/c1-11-4-6-13(7-5-11)15(18)17(14-8-9-14)10-12(2)16(19)20-3/h4-7,12,14H,8-10H2,1-3H3. The van der Waals surface area contributed by atoms with E-state index in [1.54, 1.807) is 6.92 Å². The number of amides is 1. The minimum absolute atomic E-state index is 0.00301. The first-order valence-electron chi connectivity index (χ1n) is 6.98. The highest BCUT2D eigenvalue weighted by atomic mass is 16.5. The Morgan fingerprint density at radius 1 is 1.30 bits per heavy atom. The van der Waals surface area contributed by atoms with Crippen LogP contribution in [0.15, 0.2) is 24.3 Å². The highest BCUT2D eigenvalue weighted by Crippen LogP contribution is 2.29. The zero-order valence-electron chi connectivity index (χ0n) is 12.3. The van der Waals surface area contributed by atoms with Gasteiger partial charge in [-0.2, -0.15) is 0 Å². The molecule has 1 aliphatic rings. The second kappa shape index (κ2) is 6.07. The maximum Gasteiger partial charge on any atom is 0.310 e. The molecule has 2 rings (SSSR count). The van der Waals surface area contributed by atoms with E-state index >= 15 is 0 Å². The van der Waals surface area contributed by atoms with Crippen LogP contribution in [0.25, 0.3) is 0 Å². The van der Waals surface area contributed by atoms with E-state index in [4.69, 9.17) is 4.74 Å². The van der Waals surface area contributed by atoms with Crippen LogP contribution in [0.5, 0.6) is 0 Å². The summed E-state index contributed by atoms with van der Waals surface area (Å²) in [5.41, 5.74) is 1.81. The topological polar surface area (TPSA) is 46.6 Å². The van der Waals surface area contributed by atoms with E-state index in [0.717, 1.165) is 18.4 Å². The van der Waals surface area contributed by atoms with Gasteiger partial charge >= 0.3 is 5.97 Å². The predicted molar refractivity (Wildman–Crippen MR) is 76.4 cm³/mol. The van der Waals surface area contributed by atoms with Gasteiger partial charge in [-0.15, -0.1) is 0 Å². The number of esters is 1. The van der Waals surface area contributed by atoms with Crippen molar-refractivity contribution < 1.29 is 14.3 Å². The third-order valence-corrected chi connectivity index (χ3v) is 3.62. The molecule has 0 saturated heterocycles. The fourth-order valence-electron chi connectivity index (χ4n) is 2.22. The van der Waals surface area contributed by atoms with Gasteiger partial charge in [-0.05, 0) is 31.9 Å². The lowest BCUT2D eigenvalue weighted by molar-refractivity contribution is -0.145. The summed E-state index contributed by atoms with van der Waals surface area (Å²) in [6.45, 7) is 4.21. The van der Waals surface area contributed by atoms with Gasteiger partial charge in [-0.3, -0.25) is 9.59 Å². The Morgan fingerprint density at radius 2 is 1.90 bits per heavy atom. The molecule has 20 heavy (non-hydrogen) atoms. The van der Waals surface area contributed by atoms with E-state index in [-0.39, 0.29) is 23.8 Å². The molecule has 1 aliphatic carbocycles. The van der Waals surface area contributed by atoms with Crippen LogP contribution < -0.4 is 0 Å². The van der Waals surface area contributed by atoms with Crippen molar-refractivity contribution in [3.8, 4) is 0 Å². The van der Waals surface area contributed by atoms with E-state index in [1.807, 2.05) is 36.1 Å². The molecule has 0 aromatic heterocycles. The minimum atomic E-state index is -0.296. The Bertz CT molecular complexity index is 491. The summed E-state index contributed by atoms with van der Waals surface area (Å²) < 4.78 is 4.74. The highest BCUT2D eigenvalue weighted by Gasteiger charge is 2.35. The molecule has 1 fully saturated rings. The Balaban J connectivity index is 2.10. The molecule has 0 N–H and O–H groups in total. The first-order chi connectivity index (χ1) is 9.52. The number of methoxy groups -OCH3 is 1. The van der Waals surface area contributed by atoms with Crippen LogP contribution in [0.4, 0.5) is 0 Å². The van der Waals surface area contributed by atoms with E-state index in [1.165, 1.54) is 7.11 Å². The smallest absolute Gasteiger partial charge is 0.310 e. The molecule has 0 radical (unpaired) electrons. The Labute approximate surface area is 119 Å². The summed E-state index contributed by atoms with van der Waals surface area (Å²) >= 11 is 0. The fraction of sp³-hybridized carbons (Fsp3) is 0.500. The van der Waals surface area contributed by atoms with Crippen molar-refractivity contribution in [3.63, 3.8) is 0 Å². The minimum Gasteiger partial charge on any atom is -0.469 e. The highest BCUT2D eigenvalue weighted by molar-refractivity contribution is 5.95. The lowest BCUT2D eigenvalue weighted by Gasteiger charge is -2.25. The lowest BCUT2D eigenvalue weighted by atomic mass is 10.1. The van der Waals surface area contributed by atoms with Crippen molar-refractivity contribution in [3.05, 3.63) is 35.4 Å². The summed E-state index contributed by atoms with van der Waals surface area (Å²) in [5.74, 6) is -0.564. The number of ether oxygens (including phenoxy) is 1. The first kappa shape index (κ1) is 14.6. The number of rotatable bonds is 5. The van der Waals surface area contributed by atoms with E-state index in [9.17, 15) is 9.59 Å². The molecule has 4 nitrogen and oxygen atoms in total. The Morgan fingerprint density at radius 3 is 2.40 bits per heavy atom. The van der Waals surface area contributed by atoms with Crippen LogP contribution in [-0.4, -0.2) is 36.5 Å². The van der Waals surface area contributed by atoms with E-state index in [2.05, 4.69) is 0 Å². The van der Waals surface area contributed by atoms with Gasteiger partial charge in [0.2, 0.25) is 0 Å². The van der Waals surface area contributed by atoms with Crippen molar-refractivity contribution in [2.24, 2.45) is 5.92 Å². The van der Waals surface area contributed by atoms with E-state index in [0.29, 0.717) is 12.1 Å². The molecule has 0 aliphatic heterocycles. The van der Waals surface area contributed by atoms with Gasteiger partial charge in [0, 0.05) is 18.2 Å². The maximum atomic E-state index is 12.6. The lowest BCUT2D eigenvalue weighted by Crippen LogP contribution is -2.38. The van der Waals surface area contributed by atoms with Crippen LogP contribution in [-0.2, 0) is 9.53 Å². The summed E-state index contributed by atoms with van der Waals surface area (Å²) in [6, 6.07) is 7.83. The van der Waals surface area contributed by atoms with Crippen molar-refractivity contribution in [1.82, 2.24) is 4.90 Å². The molecular weight excluding hydrogens is 254 g/mol. The molecule has 108 valence electrons. The molecule has 1 aromatic rings. The Hall–Kier alpha value is -1.84. The number of aryl methyl sites for hydroxylation is 1. The molecular formula is C16H21NO3.